The van der Waals surface area contributed by atoms with E-state index in [1.807, 2.05) is 10.1 Å². The Morgan fingerprint density at radius 2 is 2.24 bits per heavy atom. The second kappa shape index (κ2) is 4.29. The molecular weight excluding hydrogens is 246 g/mol. The van der Waals surface area contributed by atoms with Gasteiger partial charge in [-0.15, -0.1) is 11.3 Å². The number of aryl methyl sites for hydroxylation is 1. The molecule has 2 aromatic heterocycles. The average molecular weight is 253 g/mol. The maximum Gasteiger partial charge on any atom is 0.342 e. The third-order valence-corrected chi connectivity index (χ3v) is 2.64. The van der Waals surface area contributed by atoms with Crippen LogP contribution in [-0.4, -0.2) is 26.1 Å². The van der Waals surface area contributed by atoms with Crippen molar-refractivity contribution in [1.82, 2.24) is 20.2 Å². The van der Waals surface area contributed by atoms with Crippen LogP contribution in [0.15, 0.2) is 15.0 Å². The summed E-state index contributed by atoms with van der Waals surface area (Å²) in [4.78, 5) is 39.5. The molecule has 0 aliphatic rings. The summed E-state index contributed by atoms with van der Waals surface area (Å²) >= 11 is 1.23. The number of carbonyl (C=O) groups excluding carboxylic acids is 1. The number of nitrogens with one attached hydrogen (secondary N) is 3. The zero-order valence-electron chi connectivity index (χ0n) is 8.60. The van der Waals surface area contributed by atoms with Gasteiger partial charge in [-0.25, -0.2) is 14.9 Å². The van der Waals surface area contributed by atoms with Crippen LogP contribution < -0.4 is 16.6 Å². The summed E-state index contributed by atoms with van der Waals surface area (Å²) in [6, 6.07) is 0. The third-order valence-electron chi connectivity index (χ3n) is 1.77. The minimum atomic E-state index is -0.848. The lowest BCUT2D eigenvalue weighted by Crippen LogP contribution is -2.32. The van der Waals surface area contributed by atoms with Gasteiger partial charge in [-0.1, -0.05) is 0 Å². The van der Waals surface area contributed by atoms with Crippen molar-refractivity contribution in [3.05, 3.63) is 37.6 Å². The summed E-state index contributed by atoms with van der Waals surface area (Å²) in [5.41, 5.74) is -1.28. The van der Waals surface area contributed by atoms with Gasteiger partial charge in [0.1, 0.15) is 0 Å². The lowest BCUT2D eigenvalue weighted by molar-refractivity contribution is 0.101. The van der Waals surface area contributed by atoms with Gasteiger partial charge in [0.05, 0.1) is 5.69 Å². The minimum absolute atomic E-state index is 0.361. The van der Waals surface area contributed by atoms with Crippen LogP contribution in [0.2, 0.25) is 0 Å². The minimum Gasteiger partial charge on any atom is -0.296 e. The molecule has 0 spiro atoms. The van der Waals surface area contributed by atoms with Gasteiger partial charge >= 0.3 is 5.69 Å². The standard InChI is InChI=1S/C8H7N5O3S/c1-3-2-17-8(9-3)11-6(15)4-5(14)10-7(16)13-12-4/h2H,1H3,(H,9,11,15)(H2,10,13,14,16). The van der Waals surface area contributed by atoms with Crippen LogP contribution in [0.5, 0.6) is 0 Å². The first kappa shape index (κ1) is 11.2. The molecule has 0 radical (unpaired) electrons. The Morgan fingerprint density at radius 1 is 1.47 bits per heavy atom. The van der Waals surface area contributed by atoms with E-state index in [0.717, 1.165) is 5.69 Å². The summed E-state index contributed by atoms with van der Waals surface area (Å²) in [6.07, 6.45) is 0. The Morgan fingerprint density at radius 3 is 2.82 bits per heavy atom. The van der Waals surface area contributed by atoms with Crippen LogP contribution in [0.3, 0.4) is 0 Å². The second-order valence-corrected chi connectivity index (χ2v) is 3.96. The number of aromatic amines is 2. The van der Waals surface area contributed by atoms with Crippen molar-refractivity contribution in [3.8, 4) is 0 Å². The molecule has 0 aliphatic heterocycles. The van der Waals surface area contributed by atoms with E-state index in [2.05, 4.69) is 15.4 Å². The highest BCUT2D eigenvalue weighted by Crippen LogP contribution is 2.14. The summed E-state index contributed by atoms with van der Waals surface area (Å²) in [6.45, 7) is 1.78. The van der Waals surface area contributed by atoms with Crippen molar-refractivity contribution in [2.75, 3.05) is 5.32 Å². The molecule has 9 heteroatoms. The molecule has 0 atom stereocenters. The lowest BCUT2D eigenvalue weighted by atomic mass is 10.4. The number of H-pyrrole nitrogens is 2. The Labute approximate surface area is 97.7 Å². The fourth-order valence-corrected chi connectivity index (χ4v) is 1.75. The first-order chi connectivity index (χ1) is 8.06. The van der Waals surface area contributed by atoms with Gasteiger partial charge in [0.25, 0.3) is 11.5 Å². The molecule has 2 aromatic rings. The van der Waals surface area contributed by atoms with Gasteiger partial charge in [-0.05, 0) is 6.92 Å². The van der Waals surface area contributed by atoms with Crippen molar-refractivity contribution in [3.63, 3.8) is 0 Å². The van der Waals surface area contributed by atoms with E-state index in [0.29, 0.717) is 5.13 Å². The van der Waals surface area contributed by atoms with E-state index in [9.17, 15) is 14.4 Å². The Bertz CT molecular complexity index is 670. The van der Waals surface area contributed by atoms with Crippen LogP contribution in [0.1, 0.15) is 16.2 Å². The Kier molecular flexibility index (Phi) is 2.83. The average Bonchev–Trinajstić information content (AvgIpc) is 2.63. The number of carbonyl (C=O) groups is 1. The molecule has 2 heterocycles. The number of hydrogen-bond donors (Lipinski definition) is 3. The fraction of sp³-hybridized carbons (Fsp3) is 0.125. The number of nitrogens with zero attached hydrogens (tertiary/aromatic N) is 2. The molecule has 0 bridgehead atoms. The monoisotopic (exact) mass is 253 g/mol. The van der Waals surface area contributed by atoms with E-state index in [4.69, 9.17) is 0 Å². The zero-order chi connectivity index (χ0) is 12.4. The topological polar surface area (TPSA) is 121 Å². The highest BCUT2D eigenvalue weighted by molar-refractivity contribution is 7.13. The molecular formula is C8H7N5O3S. The van der Waals surface area contributed by atoms with Crippen LogP contribution >= 0.6 is 11.3 Å². The molecule has 0 fully saturated rings. The highest BCUT2D eigenvalue weighted by atomic mass is 32.1. The first-order valence-electron chi connectivity index (χ1n) is 4.49. The third kappa shape index (κ3) is 2.45. The second-order valence-electron chi connectivity index (χ2n) is 3.10. The van der Waals surface area contributed by atoms with Crippen molar-refractivity contribution in [2.45, 2.75) is 6.92 Å². The van der Waals surface area contributed by atoms with Crippen LogP contribution in [0.25, 0.3) is 0 Å². The summed E-state index contributed by atoms with van der Waals surface area (Å²) in [5.74, 6) is -0.725. The lowest BCUT2D eigenvalue weighted by Gasteiger charge is -1.98. The van der Waals surface area contributed by atoms with Gasteiger partial charge < -0.3 is 0 Å². The Hall–Kier alpha value is -2.29. The van der Waals surface area contributed by atoms with E-state index < -0.39 is 22.9 Å². The molecule has 88 valence electrons. The normalized spacial score (nSPS) is 10.2. The predicted molar refractivity (Wildman–Crippen MR) is 60.3 cm³/mol. The molecule has 8 nitrogen and oxygen atoms in total. The smallest absolute Gasteiger partial charge is 0.296 e. The quantitative estimate of drug-likeness (QED) is 0.664. The van der Waals surface area contributed by atoms with E-state index >= 15 is 0 Å². The van der Waals surface area contributed by atoms with Gasteiger partial charge in [0.2, 0.25) is 5.69 Å². The molecule has 3 N–H and O–H groups in total. The fourth-order valence-electron chi connectivity index (χ4n) is 1.07. The summed E-state index contributed by atoms with van der Waals surface area (Å²) in [5, 5.41) is 9.85. The molecule has 2 rings (SSSR count). The molecule has 17 heavy (non-hydrogen) atoms. The van der Waals surface area contributed by atoms with Crippen molar-refractivity contribution < 1.29 is 4.79 Å². The van der Waals surface area contributed by atoms with Crippen LogP contribution in [0.4, 0.5) is 5.13 Å². The zero-order valence-corrected chi connectivity index (χ0v) is 9.42. The van der Waals surface area contributed by atoms with Gasteiger partial charge in [-0.3, -0.25) is 19.9 Å². The number of anilines is 1. The van der Waals surface area contributed by atoms with Crippen molar-refractivity contribution in [1.29, 1.82) is 0 Å². The first-order valence-corrected chi connectivity index (χ1v) is 5.36. The SMILES string of the molecule is Cc1csc(NC(=O)c2n[nH]c(=O)[nH]c2=O)n1. The van der Waals surface area contributed by atoms with Gasteiger partial charge in [0, 0.05) is 5.38 Å². The maximum atomic E-state index is 11.6. The van der Waals surface area contributed by atoms with Crippen molar-refractivity contribution in [2.24, 2.45) is 0 Å². The van der Waals surface area contributed by atoms with Crippen molar-refractivity contribution >= 4 is 22.4 Å². The van der Waals surface area contributed by atoms with E-state index in [1.165, 1.54) is 11.3 Å². The van der Waals surface area contributed by atoms with Crippen LogP contribution in [0, 0.1) is 6.92 Å². The van der Waals surface area contributed by atoms with E-state index in [-0.39, 0.29) is 0 Å². The molecule has 0 saturated heterocycles. The number of aromatic nitrogens is 4. The molecule has 0 aromatic carbocycles. The number of thiazole rings is 1. The van der Waals surface area contributed by atoms with Gasteiger partial charge in [0.15, 0.2) is 5.13 Å². The van der Waals surface area contributed by atoms with Gasteiger partial charge in [-0.2, -0.15) is 5.10 Å². The van der Waals surface area contributed by atoms with E-state index in [1.54, 1.807) is 12.3 Å². The molecule has 1 amide bonds. The summed E-state index contributed by atoms with van der Waals surface area (Å²) in [7, 11) is 0. The number of hydrogen-bond acceptors (Lipinski definition) is 6. The Balaban J connectivity index is 2.26. The number of rotatable bonds is 2. The predicted octanol–water partition coefficient (Wildman–Crippen LogP) is -0.525. The molecule has 0 saturated carbocycles. The highest BCUT2D eigenvalue weighted by Gasteiger charge is 2.14. The summed E-state index contributed by atoms with van der Waals surface area (Å²) < 4.78 is 0. The molecule has 0 aliphatic carbocycles. The largest absolute Gasteiger partial charge is 0.342 e. The maximum absolute atomic E-state index is 11.6. The van der Waals surface area contributed by atoms with Crippen LogP contribution in [-0.2, 0) is 0 Å². The number of amides is 1. The molecule has 0 unspecified atom stereocenters.